The van der Waals surface area contributed by atoms with Gasteiger partial charge in [0, 0.05) is 32.7 Å². The fourth-order valence-electron chi connectivity index (χ4n) is 2.23. The minimum absolute atomic E-state index is 0.231. The Morgan fingerprint density at radius 2 is 2.27 bits per heavy atom. The van der Waals surface area contributed by atoms with Crippen LogP contribution >= 0.6 is 0 Å². The summed E-state index contributed by atoms with van der Waals surface area (Å²) in [4.78, 5) is 12.7. The molecule has 0 radical (unpaired) electrons. The molecule has 0 amide bonds. The fourth-order valence-corrected chi connectivity index (χ4v) is 2.23. The van der Waals surface area contributed by atoms with Crippen molar-refractivity contribution in [1.29, 1.82) is 0 Å². The van der Waals surface area contributed by atoms with Gasteiger partial charge < -0.3 is 14.7 Å². The Morgan fingerprint density at radius 3 is 2.80 bits per heavy atom. The standard InChI is InChI=1S/C11H21NO3/c1-11(2)8-12(5-4-10(13)14)6-9(11)7-15-3/h9H,4-8H2,1-3H3,(H,13,14). The summed E-state index contributed by atoms with van der Waals surface area (Å²) in [6.45, 7) is 7.77. The van der Waals surface area contributed by atoms with Gasteiger partial charge in [-0.1, -0.05) is 13.8 Å². The Balaban J connectivity index is 2.43. The van der Waals surface area contributed by atoms with Gasteiger partial charge >= 0.3 is 5.97 Å². The lowest BCUT2D eigenvalue weighted by atomic mass is 9.83. The number of carboxylic acids is 1. The molecule has 88 valence electrons. The van der Waals surface area contributed by atoms with Crippen LogP contribution in [0.15, 0.2) is 0 Å². The first-order valence-electron chi connectivity index (χ1n) is 5.39. The molecule has 0 aromatic carbocycles. The molecule has 4 heteroatoms. The van der Waals surface area contributed by atoms with E-state index in [1.54, 1.807) is 7.11 Å². The van der Waals surface area contributed by atoms with E-state index in [4.69, 9.17) is 9.84 Å². The zero-order chi connectivity index (χ0) is 11.5. The third-order valence-corrected chi connectivity index (χ3v) is 3.22. The lowest BCUT2D eigenvalue weighted by Gasteiger charge is -2.24. The van der Waals surface area contributed by atoms with Gasteiger partial charge in [0.1, 0.15) is 0 Å². The van der Waals surface area contributed by atoms with Crippen molar-refractivity contribution in [2.24, 2.45) is 11.3 Å². The van der Waals surface area contributed by atoms with E-state index in [9.17, 15) is 4.79 Å². The molecule has 1 saturated heterocycles. The van der Waals surface area contributed by atoms with E-state index in [-0.39, 0.29) is 11.8 Å². The number of hydrogen-bond acceptors (Lipinski definition) is 3. The fraction of sp³-hybridized carbons (Fsp3) is 0.909. The smallest absolute Gasteiger partial charge is 0.304 e. The first kappa shape index (κ1) is 12.5. The summed E-state index contributed by atoms with van der Waals surface area (Å²) in [7, 11) is 1.72. The normalized spacial score (nSPS) is 25.7. The third-order valence-electron chi connectivity index (χ3n) is 3.22. The molecule has 0 bridgehead atoms. The molecule has 15 heavy (non-hydrogen) atoms. The largest absolute Gasteiger partial charge is 0.481 e. The van der Waals surface area contributed by atoms with Crippen molar-refractivity contribution in [3.63, 3.8) is 0 Å². The number of hydrogen-bond donors (Lipinski definition) is 1. The highest BCUT2D eigenvalue weighted by molar-refractivity contribution is 5.66. The van der Waals surface area contributed by atoms with Crippen LogP contribution in [0.4, 0.5) is 0 Å². The van der Waals surface area contributed by atoms with Gasteiger partial charge in [-0.25, -0.2) is 0 Å². The monoisotopic (exact) mass is 215 g/mol. The Morgan fingerprint density at radius 1 is 1.60 bits per heavy atom. The van der Waals surface area contributed by atoms with Gasteiger partial charge in [0.25, 0.3) is 0 Å². The van der Waals surface area contributed by atoms with Gasteiger partial charge in [-0.05, 0) is 5.41 Å². The van der Waals surface area contributed by atoms with Crippen LogP contribution in [0.3, 0.4) is 0 Å². The van der Waals surface area contributed by atoms with Crippen molar-refractivity contribution in [3.8, 4) is 0 Å². The summed E-state index contributed by atoms with van der Waals surface area (Å²) in [6.07, 6.45) is 0.232. The molecule has 1 aliphatic rings. The molecule has 0 aliphatic carbocycles. The Kier molecular flexibility index (Phi) is 4.11. The molecular formula is C11H21NO3. The minimum Gasteiger partial charge on any atom is -0.481 e. The second-order valence-corrected chi connectivity index (χ2v) is 5.02. The van der Waals surface area contributed by atoms with Crippen LogP contribution in [-0.2, 0) is 9.53 Å². The van der Waals surface area contributed by atoms with Gasteiger partial charge in [-0.15, -0.1) is 0 Å². The van der Waals surface area contributed by atoms with Crippen molar-refractivity contribution in [3.05, 3.63) is 0 Å². The molecule has 1 heterocycles. The maximum atomic E-state index is 10.5. The molecule has 0 saturated carbocycles. The van der Waals surface area contributed by atoms with Crippen LogP contribution < -0.4 is 0 Å². The van der Waals surface area contributed by atoms with E-state index in [2.05, 4.69) is 18.7 Å². The average Bonchev–Trinajstić information content (AvgIpc) is 2.39. The van der Waals surface area contributed by atoms with Crippen molar-refractivity contribution in [2.45, 2.75) is 20.3 Å². The lowest BCUT2D eigenvalue weighted by Crippen LogP contribution is -2.26. The molecule has 1 rings (SSSR count). The average molecular weight is 215 g/mol. The van der Waals surface area contributed by atoms with Crippen LogP contribution in [0.2, 0.25) is 0 Å². The summed E-state index contributed by atoms with van der Waals surface area (Å²) >= 11 is 0. The van der Waals surface area contributed by atoms with Crippen LogP contribution in [-0.4, -0.2) is 49.3 Å². The maximum absolute atomic E-state index is 10.5. The molecule has 0 spiro atoms. The topological polar surface area (TPSA) is 49.8 Å². The molecule has 4 nitrogen and oxygen atoms in total. The summed E-state index contributed by atoms with van der Waals surface area (Å²) in [5.74, 6) is -0.209. The third kappa shape index (κ3) is 3.47. The molecular weight excluding hydrogens is 194 g/mol. The highest BCUT2D eigenvalue weighted by Gasteiger charge is 2.38. The van der Waals surface area contributed by atoms with Gasteiger partial charge in [-0.2, -0.15) is 0 Å². The van der Waals surface area contributed by atoms with Gasteiger partial charge in [0.05, 0.1) is 13.0 Å². The van der Waals surface area contributed by atoms with Crippen molar-refractivity contribution >= 4 is 5.97 Å². The van der Waals surface area contributed by atoms with Gasteiger partial charge in [-0.3, -0.25) is 4.79 Å². The molecule has 1 N–H and O–H groups in total. The first-order chi connectivity index (χ1) is 6.95. The number of likely N-dealkylation sites (tertiary alicyclic amines) is 1. The Hall–Kier alpha value is -0.610. The van der Waals surface area contributed by atoms with Gasteiger partial charge in [0.15, 0.2) is 0 Å². The molecule has 0 aromatic rings. The molecule has 0 aromatic heterocycles. The van der Waals surface area contributed by atoms with Crippen molar-refractivity contribution < 1.29 is 14.6 Å². The summed E-state index contributed by atoms with van der Waals surface area (Å²) in [5.41, 5.74) is 0.231. The maximum Gasteiger partial charge on any atom is 0.304 e. The second-order valence-electron chi connectivity index (χ2n) is 5.02. The van der Waals surface area contributed by atoms with E-state index in [1.807, 2.05) is 0 Å². The minimum atomic E-state index is -0.719. The predicted octanol–water partition coefficient (Wildman–Crippen LogP) is 1.07. The molecule has 1 fully saturated rings. The van der Waals surface area contributed by atoms with E-state index in [1.165, 1.54) is 0 Å². The van der Waals surface area contributed by atoms with Crippen molar-refractivity contribution in [2.75, 3.05) is 33.4 Å². The number of nitrogens with zero attached hydrogens (tertiary/aromatic N) is 1. The SMILES string of the molecule is COCC1CN(CCC(=O)O)CC1(C)C. The van der Waals surface area contributed by atoms with E-state index in [0.29, 0.717) is 12.5 Å². The summed E-state index contributed by atoms with van der Waals surface area (Å²) in [5, 5.41) is 8.62. The Bertz CT molecular complexity index is 228. The number of carbonyl (C=O) groups is 1. The number of aliphatic carboxylic acids is 1. The number of rotatable bonds is 5. The molecule has 1 atom stereocenters. The van der Waals surface area contributed by atoms with E-state index >= 15 is 0 Å². The van der Waals surface area contributed by atoms with Crippen LogP contribution in [0, 0.1) is 11.3 Å². The lowest BCUT2D eigenvalue weighted by molar-refractivity contribution is -0.137. The molecule has 1 aliphatic heterocycles. The highest BCUT2D eigenvalue weighted by atomic mass is 16.5. The van der Waals surface area contributed by atoms with Gasteiger partial charge in [0.2, 0.25) is 0 Å². The number of methoxy groups -OCH3 is 1. The quantitative estimate of drug-likeness (QED) is 0.745. The van der Waals surface area contributed by atoms with Crippen molar-refractivity contribution in [1.82, 2.24) is 4.90 Å². The van der Waals surface area contributed by atoms with E-state index < -0.39 is 5.97 Å². The van der Waals surface area contributed by atoms with Crippen LogP contribution in [0.25, 0.3) is 0 Å². The first-order valence-corrected chi connectivity index (χ1v) is 5.39. The zero-order valence-corrected chi connectivity index (χ0v) is 9.82. The molecule has 1 unspecified atom stereocenters. The number of carboxylic acid groups (broad SMARTS) is 1. The summed E-state index contributed by atoms with van der Waals surface area (Å²) < 4.78 is 5.19. The predicted molar refractivity (Wildman–Crippen MR) is 57.8 cm³/mol. The van der Waals surface area contributed by atoms with Crippen LogP contribution in [0.1, 0.15) is 20.3 Å². The summed E-state index contributed by atoms with van der Waals surface area (Å²) in [6, 6.07) is 0. The van der Waals surface area contributed by atoms with Crippen LogP contribution in [0.5, 0.6) is 0 Å². The second kappa shape index (κ2) is 4.94. The number of ether oxygens (including phenoxy) is 1. The zero-order valence-electron chi connectivity index (χ0n) is 9.82. The highest BCUT2D eigenvalue weighted by Crippen LogP contribution is 2.35. The Labute approximate surface area is 91.2 Å². The van der Waals surface area contributed by atoms with E-state index in [0.717, 1.165) is 19.7 Å².